The van der Waals surface area contributed by atoms with Gasteiger partial charge in [0.15, 0.2) is 0 Å². The van der Waals surface area contributed by atoms with E-state index in [1.807, 2.05) is 35.0 Å². The Kier molecular flexibility index (Phi) is 3.19. The number of imidazole rings is 1. The molecule has 0 spiro atoms. The number of benzene rings is 1. The van der Waals surface area contributed by atoms with Crippen molar-refractivity contribution in [1.82, 2.24) is 9.55 Å². The van der Waals surface area contributed by atoms with Crippen LogP contribution in [0.15, 0.2) is 36.7 Å². The molecule has 1 aromatic carbocycles. The second-order valence-electron chi connectivity index (χ2n) is 3.61. The zero-order valence-corrected chi connectivity index (χ0v) is 8.94. The summed E-state index contributed by atoms with van der Waals surface area (Å²) in [5.74, 6) is 0.855. The van der Waals surface area contributed by atoms with E-state index in [-0.39, 0.29) is 6.67 Å². The molecule has 2 aromatic rings. The molecule has 1 aromatic heterocycles. The summed E-state index contributed by atoms with van der Waals surface area (Å²) in [6.45, 7) is 0.343. The monoisotopic (exact) mass is 219 g/mol. The largest absolute Gasteiger partial charge is 0.399 e. The van der Waals surface area contributed by atoms with Crippen molar-refractivity contribution in [3.63, 3.8) is 0 Å². The first-order valence-corrected chi connectivity index (χ1v) is 5.24. The van der Waals surface area contributed by atoms with E-state index in [1.165, 1.54) is 0 Å². The van der Waals surface area contributed by atoms with Crippen LogP contribution in [0.1, 0.15) is 6.42 Å². The van der Waals surface area contributed by atoms with Crippen LogP contribution in [-0.2, 0) is 6.54 Å². The molecular weight excluding hydrogens is 205 g/mol. The van der Waals surface area contributed by atoms with E-state index in [0.29, 0.717) is 13.0 Å². The first-order valence-electron chi connectivity index (χ1n) is 5.24. The van der Waals surface area contributed by atoms with E-state index in [9.17, 15) is 4.39 Å². The highest BCUT2D eigenvalue weighted by Gasteiger charge is 2.04. The van der Waals surface area contributed by atoms with Crippen LogP contribution in [0.3, 0.4) is 0 Å². The van der Waals surface area contributed by atoms with E-state index in [4.69, 9.17) is 5.73 Å². The van der Waals surface area contributed by atoms with E-state index in [2.05, 4.69) is 4.98 Å². The molecule has 0 bridgehead atoms. The molecule has 16 heavy (non-hydrogen) atoms. The Morgan fingerprint density at radius 1 is 1.25 bits per heavy atom. The third kappa shape index (κ3) is 2.21. The van der Waals surface area contributed by atoms with Crippen LogP contribution >= 0.6 is 0 Å². The molecule has 84 valence electrons. The van der Waals surface area contributed by atoms with Crippen molar-refractivity contribution in [2.75, 3.05) is 12.4 Å². The summed E-state index contributed by atoms with van der Waals surface area (Å²) >= 11 is 0. The lowest BCUT2D eigenvalue weighted by molar-refractivity contribution is 0.448. The molecule has 1 heterocycles. The van der Waals surface area contributed by atoms with Gasteiger partial charge in [-0.25, -0.2) is 4.98 Å². The van der Waals surface area contributed by atoms with Crippen LogP contribution in [-0.4, -0.2) is 16.2 Å². The van der Waals surface area contributed by atoms with E-state index in [1.54, 1.807) is 6.20 Å². The highest BCUT2D eigenvalue weighted by molar-refractivity contribution is 5.59. The van der Waals surface area contributed by atoms with Crippen LogP contribution < -0.4 is 5.73 Å². The van der Waals surface area contributed by atoms with Gasteiger partial charge in [0, 0.05) is 30.2 Å². The van der Waals surface area contributed by atoms with E-state index >= 15 is 0 Å². The standard InChI is InChI=1S/C12H14FN3/c13-6-1-8-16-9-7-15-12(16)10-2-4-11(14)5-3-10/h2-5,7,9H,1,6,8,14H2. The highest BCUT2D eigenvalue weighted by Crippen LogP contribution is 2.19. The Morgan fingerprint density at radius 2 is 2.00 bits per heavy atom. The maximum Gasteiger partial charge on any atom is 0.139 e. The van der Waals surface area contributed by atoms with Crippen molar-refractivity contribution in [2.24, 2.45) is 0 Å². The van der Waals surface area contributed by atoms with Gasteiger partial charge in [-0.15, -0.1) is 0 Å². The van der Waals surface area contributed by atoms with E-state index < -0.39 is 0 Å². The fourth-order valence-corrected chi connectivity index (χ4v) is 1.61. The average Bonchev–Trinajstić information content (AvgIpc) is 2.75. The SMILES string of the molecule is Nc1ccc(-c2nccn2CCCF)cc1. The number of nitrogens with two attached hydrogens (primary N) is 1. The summed E-state index contributed by atoms with van der Waals surface area (Å²) in [6, 6.07) is 7.51. The molecule has 0 saturated heterocycles. The van der Waals surface area contributed by atoms with Gasteiger partial charge in [-0.2, -0.15) is 0 Å². The molecule has 0 unspecified atom stereocenters. The fourth-order valence-electron chi connectivity index (χ4n) is 1.61. The highest BCUT2D eigenvalue weighted by atomic mass is 19.1. The maximum absolute atomic E-state index is 12.1. The first-order chi connectivity index (χ1) is 7.81. The first kappa shape index (κ1) is 10.7. The number of nitrogens with zero attached hydrogens (tertiary/aromatic N) is 2. The fraction of sp³-hybridized carbons (Fsp3) is 0.250. The quantitative estimate of drug-likeness (QED) is 0.803. The number of halogens is 1. The van der Waals surface area contributed by atoms with Crippen molar-refractivity contribution in [3.8, 4) is 11.4 Å². The number of anilines is 1. The van der Waals surface area contributed by atoms with Gasteiger partial charge in [-0.1, -0.05) is 0 Å². The Morgan fingerprint density at radius 3 is 2.69 bits per heavy atom. The van der Waals surface area contributed by atoms with Gasteiger partial charge in [-0.3, -0.25) is 4.39 Å². The molecule has 4 heteroatoms. The van der Waals surface area contributed by atoms with Gasteiger partial charge in [0.25, 0.3) is 0 Å². The molecule has 2 N–H and O–H groups in total. The minimum atomic E-state index is -0.306. The van der Waals surface area contributed by atoms with Gasteiger partial charge < -0.3 is 10.3 Å². The average molecular weight is 219 g/mol. The summed E-state index contributed by atoms with van der Waals surface area (Å²) in [6.07, 6.45) is 4.10. The van der Waals surface area contributed by atoms with Crippen LogP contribution in [0.25, 0.3) is 11.4 Å². The zero-order chi connectivity index (χ0) is 11.4. The number of alkyl halides is 1. The second kappa shape index (κ2) is 4.79. The molecule has 2 rings (SSSR count). The Labute approximate surface area is 93.7 Å². The maximum atomic E-state index is 12.1. The lowest BCUT2D eigenvalue weighted by atomic mass is 10.2. The van der Waals surface area contributed by atoms with Gasteiger partial charge in [0.05, 0.1) is 6.67 Å². The normalized spacial score (nSPS) is 10.6. The Hall–Kier alpha value is -1.84. The molecule has 0 aliphatic rings. The van der Waals surface area contributed by atoms with Gasteiger partial charge in [-0.05, 0) is 30.7 Å². The smallest absolute Gasteiger partial charge is 0.139 e. The third-order valence-corrected chi connectivity index (χ3v) is 2.42. The molecule has 0 fully saturated rings. The molecule has 0 radical (unpaired) electrons. The van der Waals surface area contributed by atoms with Crippen molar-refractivity contribution in [2.45, 2.75) is 13.0 Å². The minimum Gasteiger partial charge on any atom is -0.399 e. The lowest BCUT2D eigenvalue weighted by Crippen LogP contribution is -2.00. The molecule has 3 nitrogen and oxygen atoms in total. The Bertz CT molecular complexity index is 448. The number of aryl methyl sites for hydroxylation is 1. The topological polar surface area (TPSA) is 43.8 Å². The summed E-state index contributed by atoms with van der Waals surface area (Å²) in [4.78, 5) is 4.27. The van der Waals surface area contributed by atoms with Crippen molar-refractivity contribution < 1.29 is 4.39 Å². The summed E-state index contributed by atoms with van der Waals surface area (Å²) in [5.41, 5.74) is 7.35. The number of nitrogen functional groups attached to an aromatic ring is 1. The number of rotatable bonds is 4. The van der Waals surface area contributed by atoms with Crippen LogP contribution in [0.5, 0.6) is 0 Å². The molecule has 0 aliphatic carbocycles. The minimum absolute atomic E-state index is 0.306. The van der Waals surface area contributed by atoms with E-state index in [0.717, 1.165) is 17.1 Å². The van der Waals surface area contributed by atoms with Gasteiger partial charge in [0.1, 0.15) is 5.82 Å². The predicted molar refractivity (Wildman–Crippen MR) is 62.7 cm³/mol. The zero-order valence-electron chi connectivity index (χ0n) is 8.94. The van der Waals surface area contributed by atoms with Crippen molar-refractivity contribution >= 4 is 5.69 Å². The van der Waals surface area contributed by atoms with Crippen LogP contribution in [0.4, 0.5) is 10.1 Å². The van der Waals surface area contributed by atoms with Crippen molar-refractivity contribution in [3.05, 3.63) is 36.7 Å². The summed E-state index contributed by atoms with van der Waals surface area (Å²) < 4.78 is 14.1. The van der Waals surface area contributed by atoms with Gasteiger partial charge in [0.2, 0.25) is 0 Å². The lowest BCUT2D eigenvalue weighted by Gasteiger charge is -2.06. The number of hydrogen-bond donors (Lipinski definition) is 1. The Balaban J connectivity index is 2.26. The second-order valence-corrected chi connectivity index (χ2v) is 3.61. The molecule has 0 saturated carbocycles. The predicted octanol–water partition coefficient (Wildman–Crippen LogP) is 2.49. The summed E-state index contributed by atoms with van der Waals surface area (Å²) in [7, 11) is 0. The molecular formula is C12H14FN3. The third-order valence-electron chi connectivity index (χ3n) is 2.42. The molecule has 0 atom stereocenters. The number of aromatic nitrogens is 2. The van der Waals surface area contributed by atoms with Gasteiger partial charge >= 0.3 is 0 Å². The summed E-state index contributed by atoms with van der Waals surface area (Å²) in [5, 5.41) is 0. The van der Waals surface area contributed by atoms with Crippen LogP contribution in [0.2, 0.25) is 0 Å². The number of hydrogen-bond acceptors (Lipinski definition) is 2. The van der Waals surface area contributed by atoms with Crippen molar-refractivity contribution in [1.29, 1.82) is 0 Å². The molecule has 0 aliphatic heterocycles. The van der Waals surface area contributed by atoms with Crippen LogP contribution in [0, 0.1) is 0 Å². The molecule has 0 amide bonds.